The van der Waals surface area contributed by atoms with Crippen molar-refractivity contribution in [1.29, 1.82) is 5.39 Å². The zero-order chi connectivity index (χ0) is 14.2. The summed E-state index contributed by atoms with van der Waals surface area (Å²) in [5.74, 6) is -0.369. The number of benzene rings is 1. The zero-order valence-electron chi connectivity index (χ0n) is 9.32. The van der Waals surface area contributed by atoms with Gasteiger partial charge in [0.25, 0.3) is 0 Å². The fourth-order valence-electron chi connectivity index (χ4n) is 0.879. The lowest BCUT2D eigenvalue weighted by Crippen LogP contribution is -2.03. The summed E-state index contributed by atoms with van der Waals surface area (Å²) in [5.41, 5.74) is 0.863. The Morgan fingerprint density at radius 2 is 1.72 bits per heavy atom. The molecule has 1 aromatic rings. The lowest BCUT2D eigenvalue weighted by molar-refractivity contribution is 0.0526. The summed E-state index contributed by atoms with van der Waals surface area (Å²) in [7, 11) is -6.00. The van der Waals surface area contributed by atoms with Crippen LogP contribution in [0.4, 0.5) is 23.0 Å². The molecule has 0 spiro atoms. The lowest BCUT2D eigenvalue weighted by Gasteiger charge is -1.98. The Morgan fingerprint density at radius 1 is 1.28 bits per heavy atom. The van der Waals surface area contributed by atoms with E-state index in [0.717, 1.165) is 0 Å². The number of ether oxygens (including phenoxy) is 1. The maximum atomic E-state index is 11.1. The summed E-state index contributed by atoms with van der Waals surface area (Å²) in [6.07, 6.45) is 0. The number of nitrogens with zero attached hydrogens (tertiary/aromatic N) is 2. The summed E-state index contributed by atoms with van der Waals surface area (Å²) in [4.78, 5) is 14.1. The van der Waals surface area contributed by atoms with Gasteiger partial charge in [0.05, 0.1) is 12.2 Å². The van der Waals surface area contributed by atoms with Crippen molar-refractivity contribution >= 4 is 18.9 Å². The minimum Gasteiger partial charge on any atom is -0.462 e. The van der Waals surface area contributed by atoms with Crippen LogP contribution in [0.25, 0.3) is 4.98 Å². The molecule has 1 aromatic carbocycles. The van der Waals surface area contributed by atoms with Gasteiger partial charge in [-0.2, -0.15) is 0 Å². The molecular formula is C9H9BF4N2O2. The standard InChI is InChI=1S/C9H9N2O2.BF4/c1-2-13-9(12)7-3-5-8(11-10)6-4-7;2-1(3,4)5/h3-6H,2H2,1H3;/q+1;-1. The second-order valence-electron chi connectivity index (χ2n) is 2.86. The van der Waals surface area contributed by atoms with Gasteiger partial charge in [-0.3, -0.25) is 0 Å². The summed E-state index contributed by atoms with van der Waals surface area (Å²) in [6, 6.07) is 6.17. The normalized spacial score (nSPS) is 9.78. The summed E-state index contributed by atoms with van der Waals surface area (Å²) < 4.78 is 43.8. The van der Waals surface area contributed by atoms with Crippen molar-refractivity contribution in [3.8, 4) is 0 Å². The highest BCUT2D eigenvalue weighted by atomic mass is 19.5. The van der Waals surface area contributed by atoms with Gasteiger partial charge >= 0.3 is 18.9 Å². The van der Waals surface area contributed by atoms with Crippen LogP contribution in [0.3, 0.4) is 0 Å². The zero-order valence-corrected chi connectivity index (χ0v) is 9.32. The molecule has 1 rings (SSSR count). The first kappa shape index (κ1) is 15.9. The molecule has 0 saturated carbocycles. The van der Waals surface area contributed by atoms with Crippen LogP contribution in [-0.4, -0.2) is 19.8 Å². The molecule has 0 fully saturated rings. The van der Waals surface area contributed by atoms with Gasteiger partial charge in [0.15, 0.2) is 4.98 Å². The van der Waals surface area contributed by atoms with E-state index in [0.29, 0.717) is 17.9 Å². The second-order valence-corrected chi connectivity index (χ2v) is 2.86. The highest BCUT2D eigenvalue weighted by Crippen LogP contribution is 2.12. The predicted molar refractivity (Wildman–Crippen MR) is 57.3 cm³/mol. The first-order valence-electron chi connectivity index (χ1n) is 4.77. The molecule has 0 aromatic heterocycles. The molecule has 0 amide bonds. The molecule has 0 aliphatic carbocycles. The van der Waals surface area contributed by atoms with Crippen molar-refractivity contribution in [1.82, 2.24) is 0 Å². The van der Waals surface area contributed by atoms with E-state index in [1.807, 2.05) is 0 Å². The Kier molecular flexibility index (Phi) is 6.42. The van der Waals surface area contributed by atoms with E-state index >= 15 is 0 Å². The Hall–Kier alpha value is -2.11. The molecule has 9 heteroatoms. The number of diazo groups is 1. The van der Waals surface area contributed by atoms with E-state index < -0.39 is 7.25 Å². The van der Waals surface area contributed by atoms with Crippen molar-refractivity contribution in [3.05, 3.63) is 34.8 Å². The number of hydrogen-bond acceptors (Lipinski definition) is 3. The molecule has 0 saturated heterocycles. The van der Waals surface area contributed by atoms with Crippen LogP contribution in [-0.2, 0) is 4.74 Å². The number of carbonyl (C=O) groups is 1. The van der Waals surface area contributed by atoms with Gasteiger partial charge in [-0.15, -0.1) is 0 Å². The molecule has 0 heterocycles. The van der Waals surface area contributed by atoms with Crippen LogP contribution >= 0.6 is 0 Å². The van der Waals surface area contributed by atoms with Gasteiger partial charge in [0.2, 0.25) is 5.39 Å². The quantitative estimate of drug-likeness (QED) is 0.354. The fourth-order valence-corrected chi connectivity index (χ4v) is 0.879. The molecule has 0 radical (unpaired) electrons. The molecule has 0 unspecified atom stereocenters. The van der Waals surface area contributed by atoms with Crippen molar-refractivity contribution < 1.29 is 26.8 Å². The molecule has 18 heavy (non-hydrogen) atoms. The molecule has 4 nitrogen and oxygen atoms in total. The van der Waals surface area contributed by atoms with E-state index in [4.69, 9.17) is 10.1 Å². The van der Waals surface area contributed by atoms with Crippen molar-refractivity contribution in [2.75, 3.05) is 6.61 Å². The highest BCUT2D eigenvalue weighted by Gasteiger charge is 2.20. The van der Waals surface area contributed by atoms with E-state index in [2.05, 4.69) is 4.98 Å². The monoisotopic (exact) mass is 264 g/mol. The first-order chi connectivity index (χ1) is 8.27. The van der Waals surface area contributed by atoms with Crippen LogP contribution in [0.1, 0.15) is 17.3 Å². The van der Waals surface area contributed by atoms with E-state index in [1.165, 1.54) is 12.1 Å². The average molecular weight is 264 g/mol. The van der Waals surface area contributed by atoms with E-state index in [-0.39, 0.29) is 5.97 Å². The van der Waals surface area contributed by atoms with Gasteiger partial charge < -0.3 is 22.0 Å². The largest absolute Gasteiger partial charge is 0.673 e. The van der Waals surface area contributed by atoms with Crippen molar-refractivity contribution in [2.45, 2.75) is 6.92 Å². The number of esters is 1. The van der Waals surface area contributed by atoms with Crippen LogP contribution in [0.5, 0.6) is 0 Å². The third-order valence-electron chi connectivity index (χ3n) is 1.49. The first-order valence-corrected chi connectivity index (χ1v) is 4.77. The van der Waals surface area contributed by atoms with Crippen LogP contribution < -0.4 is 0 Å². The van der Waals surface area contributed by atoms with Gasteiger partial charge in [-0.1, -0.05) is 0 Å². The fraction of sp³-hybridized carbons (Fsp3) is 0.222. The van der Waals surface area contributed by atoms with Gasteiger partial charge in [-0.05, 0) is 19.1 Å². The number of carbonyl (C=O) groups excluding carboxylic acids is 1. The van der Waals surface area contributed by atoms with Crippen LogP contribution in [0.2, 0.25) is 0 Å². The maximum Gasteiger partial charge on any atom is 0.673 e. The third-order valence-corrected chi connectivity index (χ3v) is 1.49. The molecular weight excluding hydrogens is 255 g/mol. The number of hydrogen-bond donors (Lipinski definition) is 0. The molecule has 98 valence electrons. The second kappa shape index (κ2) is 7.27. The van der Waals surface area contributed by atoms with Crippen LogP contribution in [0, 0.1) is 5.39 Å². The Morgan fingerprint density at radius 3 is 2.06 bits per heavy atom. The van der Waals surface area contributed by atoms with Crippen molar-refractivity contribution in [3.63, 3.8) is 0 Å². The number of halogens is 4. The van der Waals surface area contributed by atoms with Crippen molar-refractivity contribution in [2.24, 2.45) is 0 Å². The average Bonchev–Trinajstić information content (AvgIpc) is 2.27. The molecule has 0 aliphatic rings. The maximum absolute atomic E-state index is 11.1. The lowest BCUT2D eigenvalue weighted by atomic mass is 10.2. The summed E-state index contributed by atoms with van der Waals surface area (Å²) in [6.45, 7) is 2.10. The smallest absolute Gasteiger partial charge is 0.462 e. The minimum absolute atomic E-state index is 0.352. The molecule has 0 N–H and O–H groups in total. The van der Waals surface area contributed by atoms with E-state index in [1.54, 1.807) is 19.1 Å². The molecule has 0 atom stereocenters. The molecule has 0 bridgehead atoms. The van der Waals surface area contributed by atoms with E-state index in [9.17, 15) is 22.1 Å². The number of rotatable bonds is 2. The highest BCUT2D eigenvalue weighted by molar-refractivity contribution is 6.50. The third kappa shape index (κ3) is 8.09. The minimum atomic E-state index is -6.00. The summed E-state index contributed by atoms with van der Waals surface area (Å²) in [5, 5.41) is 8.38. The summed E-state index contributed by atoms with van der Waals surface area (Å²) >= 11 is 0. The van der Waals surface area contributed by atoms with Gasteiger partial charge in [0, 0.05) is 12.1 Å². The predicted octanol–water partition coefficient (Wildman–Crippen LogP) is 3.65. The Balaban J connectivity index is 0.000000494. The topological polar surface area (TPSA) is 54.5 Å². The molecule has 0 aliphatic heterocycles. The van der Waals surface area contributed by atoms with Crippen LogP contribution in [0.15, 0.2) is 24.3 Å². The Labute approximate surface area is 100 Å². The Bertz CT molecular complexity index is 422. The SMILES string of the molecule is CCOC(=O)c1ccc([N+]#N)cc1.F[B-](F)(F)F. The van der Waals surface area contributed by atoms with Gasteiger partial charge in [0.1, 0.15) is 0 Å². The van der Waals surface area contributed by atoms with Gasteiger partial charge in [-0.25, -0.2) is 4.79 Å².